The quantitative estimate of drug-likeness (QED) is 0.310. The van der Waals surface area contributed by atoms with Crippen molar-refractivity contribution in [2.24, 2.45) is 5.73 Å². The van der Waals surface area contributed by atoms with Crippen molar-refractivity contribution in [3.05, 3.63) is 71.8 Å². The van der Waals surface area contributed by atoms with E-state index in [-0.39, 0.29) is 19.4 Å². The number of ether oxygens (including phenoxy) is 1. The minimum Gasteiger partial charge on any atom is -0.444 e. The molecule has 0 fully saturated rings. The maximum atomic E-state index is 13.4. The van der Waals surface area contributed by atoms with Gasteiger partial charge in [-0.3, -0.25) is 19.2 Å². The zero-order chi connectivity index (χ0) is 29.9. The maximum Gasteiger partial charge on any atom is 0.408 e. The van der Waals surface area contributed by atoms with E-state index in [9.17, 15) is 24.0 Å². The van der Waals surface area contributed by atoms with E-state index < -0.39 is 53.4 Å². The SMILES string of the molecule is C[C@H](NC(=O)[C@H](Cc1ccccc1)NC(=O)OC(C)(C)C)C(=O)N(C)[C@@H](Cc1ccccc1)C(=O)NCC(N)=O. The second-order valence-electron chi connectivity index (χ2n) is 10.5. The Bertz CT molecular complexity index is 1170. The maximum absolute atomic E-state index is 13.4. The predicted octanol–water partition coefficient (Wildman–Crippen LogP) is 1.30. The van der Waals surface area contributed by atoms with Gasteiger partial charge >= 0.3 is 6.09 Å². The van der Waals surface area contributed by atoms with Crippen LogP contribution in [0.25, 0.3) is 0 Å². The fraction of sp³-hybridized carbons (Fsp3) is 0.414. The van der Waals surface area contributed by atoms with E-state index in [1.165, 1.54) is 18.9 Å². The Morgan fingerprint density at radius 2 is 1.38 bits per heavy atom. The summed E-state index contributed by atoms with van der Waals surface area (Å²) in [6.07, 6.45) is -0.436. The summed E-state index contributed by atoms with van der Waals surface area (Å²) in [5.41, 5.74) is 5.98. The first-order valence-corrected chi connectivity index (χ1v) is 13.0. The standard InChI is InChI=1S/C29H39N5O6/c1-19(27(38)34(5)23(26(37)31-18-24(30)35)17-21-14-10-7-11-15-21)32-25(36)22(16-20-12-8-6-9-13-20)33-28(39)40-29(2,3)4/h6-15,19,22-23H,16-18H2,1-5H3,(H2,30,35)(H,31,37)(H,32,36)(H,33,39)/t19-,22-,23-/m0/s1. The molecule has 5 N–H and O–H groups in total. The third kappa shape index (κ3) is 10.8. The van der Waals surface area contributed by atoms with E-state index in [0.717, 1.165) is 11.1 Å². The Balaban J connectivity index is 2.18. The smallest absolute Gasteiger partial charge is 0.408 e. The molecule has 2 aromatic rings. The highest BCUT2D eigenvalue weighted by Gasteiger charge is 2.32. The molecule has 0 spiro atoms. The Kier molecular flexibility index (Phi) is 11.7. The summed E-state index contributed by atoms with van der Waals surface area (Å²) in [4.78, 5) is 64.5. The summed E-state index contributed by atoms with van der Waals surface area (Å²) in [7, 11) is 1.45. The van der Waals surface area contributed by atoms with Crippen LogP contribution in [0.15, 0.2) is 60.7 Å². The summed E-state index contributed by atoms with van der Waals surface area (Å²) >= 11 is 0. The summed E-state index contributed by atoms with van der Waals surface area (Å²) in [5.74, 6) is -2.42. The van der Waals surface area contributed by atoms with Crippen LogP contribution < -0.4 is 21.7 Å². The van der Waals surface area contributed by atoms with Crippen LogP contribution in [0.2, 0.25) is 0 Å². The lowest BCUT2D eigenvalue weighted by molar-refractivity contribution is -0.141. The molecule has 0 unspecified atom stereocenters. The van der Waals surface area contributed by atoms with Crippen LogP contribution in [0.4, 0.5) is 4.79 Å². The molecule has 11 nitrogen and oxygen atoms in total. The number of amides is 5. The molecule has 0 saturated heterocycles. The highest BCUT2D eigenvalue weighted by Crippen LogP contribution is 2.12. The van der Waals surface area contributed by atoms with Gasteiger partial charge in [-0.2, -0.15) is 0 Å². The number of nitrogens with two attached hydrogens (primary N) is 1. The van der Waals surface area contributed by atoms with Gasteiger partial charge in [-0.15, -0.1) is 0 Å². The minimum absolute atomic E-state index is 0.162. The number of rotatable bonds is 12. The number of alkyl carbamates (subject to hydrolysis) is 1. The lowest BCUT2D eigenvalue weighted by atomic mass is 10.0. The van der Waals surface area contributed by atoms with Gasteiger partial charge in [0.05, 0.1) is 6.54 Å². The second kappa shape index (κ2) is 14.7. The molecular weight excluding hydrogens is 514 g/mol. The molecule has 0 saturated carbocycles. The van der Waals surface area contributed by atoms with Gasteiger partial charge in [-0.05, 0) is 38.8 Å². The molecule has 3 atom stereocenters. The third-order valence-electron chi connectivity index (χ3n) is 5.85. The fourth-order valence-corrected chi connectivity index (χ4v) is 3.88. The molecule has 0 aliphatic carbocycles. The Morgan fingerprint density at radius 1 is 0.850 bits per heavy atom. The molecule has 2 rings (SSSR count). The summed E-state index contributed by atoms with van der Waals surface area (Å²) < 4.78 is 5.32. The normalized spacial score (nSPS) is 13.2. The Morgan fingerprint density at radius 3 is 1.88 bits per heavy atom. The van der Waals surface area contributed by atoms with Crippen molar-refractivity contribution in [1.29, 1.82) is 0 Å². The summed E-state index contributed by atoms with van der Waals surface area (Å²) in [5, 5.41) is 7.69. The van der Waals surface area contributed by atoms with Crippen LogP contribution in [0.1, 0.15) is 38.8 Å². The molecule has 2 aromatic carbocycles. The lowest BCUT2D eigenvalue weighted by Gasteiger charge is -2.30. The van der Waals surface area contributed by atoms with Crippen molar-refractivity contribution in [2.45, 2.75) is 64.3 Å². The zero-order valence-electron chi connectivity index (χ0n) is 23.6. The van der Waals surface area contributed by atoms with Gasteiger partial charge in [0.1, 0.15) is 23.7 Å². The molecular formula is C29H39N5O6. The average molecular weight is 554 g/mol. The van der Waals surface area contributed by atoms with Crippen LogP contribution in [-0.2, 0) is 36.8 Å². The first kappa shape index (κ1) is 31.8. The molecule has 0 bridgehead atoms. The Labute approximate surface area is 234 Å². The van der Waals surface area contributed by atoms with Crippen molar-refractivity contribution in [2.75, 3.05) is 13.6 Å². The number of hydrogen-bond acceptors (Lipinski definition) is 6. The largest absolute Gasteiger partial charge is 0.444 e. The molecule has 0 aromatic heterocycles. The predicted molar refractivity (Wildman–Crippen MR) is 150 cm³/mol. The molecule has 0 radical (unpaired) electrons. The monoisotopic (exact) mass is 553 g/mol. The first-order chi connectivity index (χ1) is 18.8. The van der Waals surface area contributed by atoms with Crippen molar-refractivity contribution >= 4 is 29.7 Å². The number of benzene rings is 2. The van der Waals surface area contributed by atoms with Crippen LogP contribution in [0, 0.1) is 0 Å². The number of nitrogens with zero attached hydrogens (tertiary/aromatic N) is 1. The van der Waals surface area contributed by atoms with E-state index in [1.807, 2.05) is 60.7 Å². The average Bonchev–Trinajstić information content (AvgIpc) is 2.89. The van der Waals surface area contributed by atoms with E-state index in [1.54, 1.807) is 20.8 Å². The van der Waals surface area contributed by atoms with Gasteiger partial charge in [-0.1, -0.05) is 60.7 Å². The molecule has 40 heavy (non-hydrogen) atoms. The van der Waals surface area contributed by atoms with Crippen LogP contribution in [-0.4, -0.2) is 71.9 Å². The zero-order valence-corrected chi connectivity index (χ0v) is 23.6. The van der Waals surface area contributed by atoms with Gasteiger partial charge in [0.2, 0.25) is 23.6 Å². The van der Waals surface area contributed by atoms with Crippen molar-refractivity contribution < 1.29 is 28.7 Å². The van der Waals surface area contributed by atoms with E-state index in [4.69, 9.17) is 10.5 Å². The highest BCUT2D eigenvalue weighted by atomic mass is 16.6. The van der Waals surface area contributed by atoms with Gasteiger partial charge in [0.25, 0.3) is 0 Å². The molecule has 5 amide bonds. The second-order valence-corrected chi connectivity index (χ2v) is 10.5. The van der Waals surface area contributed by atoms with E-state index >= 15 is 0 Å². The van der Waals surface area contributed by atoms with E-state index in [0.29, 0.717) is 0 Å². The number of carbonyl (C=O) groups excluding carboxylic acids is 5. The van der Waals surface area contributed by atoms with Crippen LogP contribution >= 0.6 is 0 Å². The minimum atomic E-state index is -1.04. The molecule has 0 aliphatic rings. The van der Waals surface area contributed by atoms with Crippen LogP contribution in [0.3, 0.4) is 0 Å². The summed E-state index contributed by atoms with van der Waals surface area (Å²) in [6, 6.07) is 15.1. The van der Waals surface area contributed by atoms with Crippen LogP contribution in [0.5, 0.6) is 0 Å². The fourth-order valence-electron chi connectivity index (χ4n) is 3.88. The molecule has 0 aliphatic heterocycles. The third-order valence-corrected chi connectivity index (χ3v) is 5.85. The van der Waals surface area contributed by atoms with Crippen molar-refractivity contribution in [3.63, 3.8) is 0 Å². The molecule has 11 heteroatoms. The van der Waals surface area contributed by atoms with Gasteiger partial charge < -0.3 is 31.3 Å². The van der Waals surface area contributed by atoms with Crippen molar-refractivity contribution in [3.8, 4) is 0 Å². The van der Waals surface area contributed by atoms with Crippen molar-refractivity contribution in [1.82, 2.24) is 20.9 Å². The van der Waals surface area contributed by atoms with Gasteiger partial charge in [0, 0.05) is 19.9 Å². The topological polar surface area (TPSA) is 160 Å². The highest BCUT2D eigenvalue weighted by molar-refractivity contribution is 5.94. The van der Waals surface area contributed by atoms with E-state index in [2.05, 4.69) is 16.0 Å². The number of likely N-dealkylation sites (N-methyl/N-ethyl adjacent to an activating group) is 1. The van der Waals surface area contributed by atoms with Gasteiger partial charge in [0.15, 0.2) is 0 Å². The number of hydrogen-bond donors (Lipinski definition) is 4. The summed E-state index contributed by atoms with van der Waals surface area (Å²) in [6.45, 7) is 6.24. The number of carbonyl (C=O) groups is 5. The first-order valence-electron chi connectivity index (χ1n) is 13.0. The molecule has 0 heterocycles. The Hall–Kier alpha value is -4.41. The molecule has 216 valence electrons. The number of primary amides is 1. The van der Waals surface area contributed by atoms with Gasteiger partial charge in [-0.25, -0.2) is 4.79 Å². The number of nitrogens with one attached hydrogen (secondary N) is 3. The lowest BCUT2D eigenvalue weighted by Crippen LogP contribution is -2.57.